The van der Waals surface area contributed by atoms with Gasteiger partial charge in [0.05, 0.1) is 5.52 Å². The molecular formula is C19H18F2N4O2. The number of amides is 2. The number of nitrogens with zero attached hydrogens (tertiary/aromatic N) is 2. The Morgan fingerprint density at radius 2 is 1.67 bits per heavy atom. The van der Waals surface area contributed by atoms with E-state index in [0.29, 0.717) is 5.52 Å². The molecule has 6 nitrogen and oxygen atoms in total. The number of anilines is 1. The second kappa shape index (κ2) is 6.79. The van der Waals surface area contributed by atoms with Crippen LogP contribution in [0.2, 0.25) is 0 Å². The van der Waals surface area contributed by atoms with E-state index in [2.05, 4.69) is 15.6 Å². The number of benzene rings is 1. The lowest BCUT2D eigenvalue weighted by molar-refractivity contribution is 0.0916. The predicted octanol–water partition coefficient (Wildman–Crippen LogP) is 3.39. The maximum Gasteiger partial charge on any atom is 0.292 e. The van der Waals surface area contributed by atoms with Crippen molar-refractivity contribution in [2.45, 2.75) is 26.3 Å². The first-order valence-corrected chi connectivity index (χ1v) is 8.22. The smallest absolute Gasteiger partial charge is 0.292 e. The van der Waals surface area contributed by atoms with E-state index in [1.165, 1.54) is 10.5 Å². The van der Waals surface area contributed by atoms with E-state index < -0.39 is 34.7 Å². The number of hydrogen-bond acceptors (Lipinski definition) is 3. The highest BCUT2D eigenvalue weighted by Gasteiger charge is 2.25. The Labute approximate surface area is 154 Å². The van der Waals surface area contributed by atoms with Crippen molar-refractivity contribution >= 4 is 23.0 Å². The molecule has 0 unspecified atom stereocenters. The molecule has 3 rings (SSSR count). The molecule has 1 aromatic carbocycles. The molecule has 0 fully saturated rings. The van der Waals surface area contributed by atoms with Gasteiger partial charge in [-0.3, -0.25) is 14.0 Å². The van der Waals surface area contributed by atoms with Crippen LogP contribution in [0, 0.1) is 11.6 Å². The zero-order chi connectivity index (χ0) is 19.8. The summed E-state index contributed by atoms with van der Waals surface area (Å²) in [6.07, 6.45) is 1.54. The van der Waals surface area contributed by atoms with E-state index in [0.717, 1.165) is 12.1 Å². The summed E-state index contributed by atoms with van der Waals surface area (Å²) in [5.41, 5.74) is -0.625. The average molecular weight is 372 g/mol. The average Bonchev–Trinajstić information content (AvgIpc) is 2.96. The Balaban J connectivity index is 2.02. The van der Waals surface area contributed by atoms with Crippen molar-refractivity contribution in [3.8, 4) is 0 Å². The van der Waals surface area contributed by atoms with E-state index in [4.69, 9.17) is 0 Å². The highest BCUT2D eigenvalue weighted by Crippen LogP contribution is 2.20. The van der Waals surface area contributed by atoms with Crippen molar-refractivity contribution < 1.29 is 18.4 Å². The van der Waals surface area contributed by atoms with Crippen molar-refractivity contribution in [2.75, 3.05) is 5.32 Å². The van der Waals surface area contributed by atoms with Crippen molar-refractivity contribution in [3.63, 3.8) is 0 Å². The quantitative estimate of drug-likeness (QED) is 0.740. The second-order valence-corrected chi connectivity index (χ2v) is 6.99. The third-order valence-corrected chi connectivity index (χ3v) is 3.66. The predicted molar refractivity (Wildman–Crippen MR) is 96.7 cm³/mol. The minimum atomic E-state index is -0.907. The van der Waals surface area contributed by atoms with Crippen LogP contribution in [-0.2, 0) is 0 Å². The van der Waals surface area contributed by atoms with Gasteiger partial charge in [-0.15, -0.1) is 0 Å². The van der Waals surface area contributed by atoms with Crippen LogP contribution in [0.5, 0.6) is 0 Å². The van der Waals surface area contributed by atoms with Crippen LogP contribution in [-0.4, -0.2) is 26.7 Å². The van der Waals surface area contributed by atoms with Gasteiger partial charge >= 0.3 is 0 Å². The van der Waals surface area contributed by atoms with Gasteiger partial charge in [0.25, 0.3) is 11.8 Å². The first-order chi connectivity index (χ1) is 12.7. The van der Waals surface area contributed by atoms with Crippen LogP contribution in [0.15, 0.2) is 42.6 Å². The summed E-state index contributed by atoms with van der Waals surface area (Å²) in [5.74, 6) is -3.27. The van der Waals surface area contributed by atoms with Gasteiger partial charge in [-0.1, -0.05) is 12.1 Å². The molecule has 27 heavy (non-hydrogen) atoms. The molecule has 0 spiro atoms. The van der Waals surface area contributed by atoms with Crippen molar-refractivity contribution in [2.24, 2.45) is 0 Å². The molecule has 140 valence electrons. The van der Waals surface area contributed by atoms with Crippen molar-refractivity contribution in [3.05, 3.63) is 65.7 Å². The molecule has 0 radical (unpaired) electrons. The summed E-state index contributed by atoms with van der Waals surface area (Å²) < 4.78 is 29.0. The number of para-hydroxylation sites is 1. The number of nitrogens with one attached hydrogen (secondary N) is 2. The molecular weight excluding hydrogens is 354 g/mol. The lowest BCUT2D eigenvalue weighted by Gasteiger charge is -2.19. The van der Waals surface area contributed by atoms with Crippen LogP contribution in [0.25, 0.3) is 5.52 Å². The molecule has 2 heterocycles. The molecule has 2 amide bonds. The second-order valence-electron chi connectivity index (χ2n) is 6.99. The summed E-state index contributed by atoms with van der Waals surface area (Å²) in [5, 5.41) is 4.96. The van der Waals surface area contributed by atoms with Gasteiger partial charge in [0, 0.05) is 11.7 Å². The number of hydrogen-bond donors (Lipinski definition) is 2. The molecule has 2 aromatic heterocycles. The minimum Gasteiger partial charge on any atom is -0.346 e. The molecule has 0 saturated heterocycles. The molecule has 0 saturated carbocycles. The van der Waals surface area contributed by atoms with Gasteiger partial charge in [-0.05, 0) is 45.0 Å². The standard InChI is InChI=1S/C19H18F2N4O2/c1-19(2,3)24-17(26)15-13-9-4-5-10-25(13)16(22-15)18(27)23-14-11(20)7-6-8-12(14)21/h4-10H,1-3H3,(H,23,27)(H,24,26). The summed E-state index contributed by atoms with van der Waals surface area (Å²) >= 11 is 0. The number of imidazole rings is 1. The number of fused-ring (bicyclic) bond motifs is 1. The van der Waals surface area contributed by atoms with Gasteiger partial charge in [0.2, 0.25) is 5.82 Å². The molecule has 0 aliphatic carbocycles. The summed E-state index contributed by atoms with van der Waals surface area (Å²) in [6, 6.07) is 8.24. The maximum absolute atomic E-state index is 13.8. The Hall–Kier alpha value is -3.29. The molecule has 8 heteroatoms. The SMILES string of the molecule is CC(C)(C)NC(=O)c1nc(C(=O)Nc2c(F)cccc2F)n2ccccc12. The van der Waals surface area contributed by atoms with Crippen LogP contribution in [0.1, 0.15) is 41.9 Å². The first kappa shape index (κ1) is 18.5. The van der Waals surface area contributed by atoms with Crippen molar-refractivity contribution in [1.82, 2.24) is 14.7 Å². The monoisotopic (exact) mass is 372 g/mol. The number of aromatic nitrogens is 2. The van der Waals surface area contributed by atoms with Gasteiger partial charge in [-0.25, -0.2) is 13.8 Å². The van der Waals surface area contributed by atoms with E-state index in [1.54, 1.807) is 24.4 Å². The Kier molecular flexibility index (Phi) is 4.65. The lowest BCUT2D eigenvalue weighted by Crippen LogP contribution is -2.40. The van der Waals surface area contributed by atoms with Gasteiger partial charge < -0.3 is 10.6 Å². The zero-order valence-corrected chi connectivity index (χ0v) is 15.0. The largest absolute Gasteiger partial charge is 0.346 e. The van der Waals surface area contributed by atoms with Crippen LogP contribution < -0.4 is 10.6 Å². The Morgan fingerprint density at radius 3 is 2.30 bits per heavy atom. The van der Waals surface area contributed by atoms with E-state index in [9.17, 15) is 18.4 Å². The highest BCUT2D eigenvalue weighted by atomic mass is 19.1. The third kappa shape index (κ3) is 3.79. The van der Waals surface area contributed by atoms with Gasteiger partial charge in [0.15, 0.2) is 5.69 Å². The fraction of sp³-hybridized carbons (Fsp3) is 0.211. The molecule has 3 aromatic rings. The summed E-state index contributed by atoms with van der Waals surface area (Å²) in [6.45, 7) is 5.45. The minimum absolute atomic E-state index is 0.0460. The van der Waals surface area contributed by atoms with Crippen LogP contribution in [0.4, 0.5) is 14.5 Å². The van der Waals surface area contributed by atoms with Crippen LogP contribution in [0.3, 0.4) is 0 Å². The summed E-state index contributed by atoms with van der Waals surface area (Å²) in [7, 11) is 0. The normalized spacial score (nSPS) is 11.4. The zero-order valence-electron chi connectivity index (χ0n) is 15.0. The molecule has 0 aliphatic heterocycles. The number of rotatable bonds is 3. The summed E-state index contributed by atoms with van der Waals surface area (Å²) in [4.78, 5) is 29.3. The number of halogens is 2. The van der Waals surface area contributed by atoms with E-state index in [1.807, 2.05) is 20.8 Å². The van der Waals surface area contributed by atoms with Gasteiger partial charge in [0.1, 0.15) is 17.3 Å². The third-order valence-electron chi connectivity index (χ3n) is 3.66. The lowest BCUT2D eigenvalue weighted by atomic mass is 10.1. The Bertz CT molecular complexity index is 1020. The topological polar surface area (TPSA) is 75.5 Å². The maximum atomic E-state index is 13.8. The molecule has 0 bridgehead atoms. The molecule has 0 aliphatic rings. The van der Waals surface area contributed by atoms with Gasteiger partial charge in [-0.2, -0.15) is 0 Å². The fourth-order valence-corrected chi connectivity index (χ4v) is 2.55. The van der Waals surface area contributed by atoms with Crippen molar-refractivity contribution in [1.29, 1.82) is 0 Å². The number of carbonyl (C=O) groups excluding carboxylic acids is 2. The van der Waals surface area contributed by atoms with E-state index in [-0.39, 0.29) is 11.5 Å². The fourth-order valence-electron chi connectivity index (χ4n) is 2.55. The first-order valence-electron chi connectivity index (χ1n) is 8.22. The van der Waals surface area contributed by atoms with Crippen LogP contribution >= 0.6 is 0 Å². The molecule has 2 N–H and O–H groups in total. The Morgan fingerprint density at radius 1 is 1.00 bits per heavy atom. The number of carbonyl (C=O) groups is 2. The number of pyridine rings is 1. The van der Waals surface area contributed by atoms with E-state index >= 15 is 0 Å². The molecule has 0 atom stereocenters. The highest BCUT2D eigenvalue weighted by molar-refractivity contribution is 6.06.